The van der Waals surface area contributed by atoms with Gasteiger partial charge in [0.25, 0.3) is 0 Å². The van der Waals surface area contributed by atoms with Crippen LogP contribution in [0.4, 0.5) is 0 Å². The predicted molar refractivity (Wildman–Crippen MR) is 64.2 cm³/mol. The van der Waals surface area contributed by atoms with Crippen LogP contribution in [-0.2, 0) is 9.59 Å². The Morgan fingerprint density at radius 3 is 2.50 bits per heavy atom. The van der Waals surface area contributed by atoms with Crippen LogP contribution in [-0.4, -0.2) is 46.8 Å². The van der Waals surface area contributed by atoms with E-state index < -0.39 is 0 Å². The summed E-state index contributed by atoms with van der Waals surface area (Å²) in [5, 5.41) is 3.72. The van der Waals surface area contributed by atoms with E-state index in [0.717, 1.165) is 13.1 Å². The number of thioether (sulfide) groups is 1. The van der Waals surface area contributed by atoms with Crippen LogP contribution in [0.15, 0.2) is 0 Å². The van der Waals surface area contributed by atoms with Crippen molar-refractivity contribution in [1.29, 1.82) is 0 Å². The Labute approximate surface area is 100 Å². The molecule has 0 spiro atoms. The topological polar surface area (TPSA) is 49.4 Å². The SMILES string of the molecule is CC1CN(C(=O)C2CNC(=O)C2)CC(C)S1. The molecule has 90 valence electrons. The third-order valence-corrected chi connectivity index (χ3v) is 4.29. The molecule has 0 aromatic rings. The monoisotopic (exact) mass is 242 g/mol. The summed E-state index contributed by atoms with van der Waals surface area (Å²) in [7, 11) is 0. The van der Waals surface area contributed by atoms with E-state index >= 15 is 0 Å². The molecule has 3 unspecified atom stereocenters. The minimum Gasteiger partial charge on any atom is -0.355 e. The molecule has 2 aliphatic rings. The number of carbonyl (C=O) groups is 2. The van der Waals surface area contributed by atoms with Gasteiger partial charge in [0.2, 0.25) is 11.8 Å². The van der Waals surface area contributed by atoms with Crippen LogP contribution in [0, 0.1) is 5.92 Å². The average molecular weight is 242 g/mol. The molecule has 1 N–H and O–H groups in total. The number of hydrogen-bond donors (Lipinski definition) is 1. The lowest BCUT2D eigenvalue weighted by atomic mass is 10.1. The molecule has 16 heavy (non-hydrogen) atoms. The molecular weight excluding hydrogens is 224 g/mol. The smallest absolute Gasteiger partial charge is 0.228 e. The number of nitrogens with zero attached hydrogens (tertiary/aromatic N) is 1. The fourth-order valence-corrected chi connectivity index (χ4v) is 3.72. The van der Waals surface area contributed by atoms with Crippen molar-refractivity contribution >= 4 is 23.6 Å². The fraction of sp³-hybridized carbons (Fsp3) is 0.818. The molecule has 3 atom stereocenters. The van der Waals surface area contributed by atoms with Gasteiger partial charge in [0, 0.05) is 36.6 Å². The third-order valence-electron chi connectivity index (χ3n) is 3.06. The molecule has 0 bridgehead atoms. The highest BCUT2D eigenvalue weighted by Gasteiger charge is 2.34. The number of carbonyl (C=O) groups excluding carboxylic acids is 2. The van der Waals surface area contributed by atoms with Crippen molar-refractivity contribution in [3.8, 4) is 0 Å². The maximum Gasteiger partial charge on any atom is 0.228 e. The van der Waals surface area contributed by atoms with Crippen LogP contribution in [0.25, 0.3) is 0 Å². The van der Waals surface area contributed by atoms with Gasteiger partial charge in [-0.15, -0.1) is 0 Å². The molecule has 0 saturated carbocycles. The zero-order chi connectivity index (χ0) is 11.7. The summed E-state index contributed by atoms with van der Waals surface area (Å²) in [6.45, 7) is 6.46. The van der Waals surface area contributed by atoms with Gasteiger partial charge in [0.15, 0.2) is 0 Å². The number of rotatable bonds is 1. The largest absolute Gasteiger partial charge is 0.355 e. The Morgan fingerprint density at radius 2 is 2.00 bits per heavy atom. The van der Waals surface area contributed by atoms with E-state index in [1.165, 1.54) is 0 Å². The molecule has 0 aromatic heterocycles. The van der Waals surface area contributed by atoms with Crippen molar-refractivity contribution in [3.05, 3.63) is 0 Å². The maximum absolute atomic E-state index is 12.2. The molecule has 0 radical (unpaired) electrons. The van der Waals surface area contributed by atoms with Crippen molar-refractivity contribution in [2.45, 2.75) is 30.8 Å². The molecule has 0 aliphatic carbocycles. The molecule has 2 aliphatic heterocycles. The quantitative estimate of drug-likeness (QED) is 0.727. The summed E-state index contributed by atoms with van der Waals surface area (Å²) in [4.78, 5) is 25.2. The lowest BCUT2D eigenvalue weighted by Crippen LogP contribution is -2.46. The van der Waals surface area contributed by atoms with Crippen molar-refractivity contribution in [2.24, 2.45) is 5.92 Å². The van der Waals surface area contributed by atoms with E-state index in [4.69, 9.17) is 0 Å². The Balaban J connectivity index is 1.96. The molecular formula is C11H18N2O2S. The molecule has 2 heterocycles. The standard InChI is InChI=1S/C11H18N2O2S/c1-7-5-13(6-8(2)16-7)11(15)9-3-10(14)12-4-9/h7-9H,3-6H2,1-2H3,(H,12,14). The second-order valence-electron chi connectivity index (χ2n) is 4.71. The Morgan fingerprint density at radius 1 is 1.38 bits per heavy atom. The molecule has 2 fully saturated rings. The number of hydrogen-bond acceptors (Lipinski definition) is 3. The summed E-state index contributed by atoms with van der Waals surface area (Å²) in [5.74, 6) is 0.0261. The molecule has 4 nitrogen and oxygen atoms in total. The first-order valence-electron chi connectivity index (χ1n) is 5.77. The van der Waals surface area contributed by atoms with E-state index in [-0.39, 0.29) is 17.7 Å². The Hall–Kier alpha value is -0.710. The van der Waals surface area contributed by atoms with Crippen molar-refractivity contribution in [1.82, 2.24) is 10.2 Å². The van der Waals surface area contributed by atoms with Gasteiger partial charge in [-0.25, -0.2) is 0 Å². The highest BCUT2D eigenvalue weighted by atomic mass is 32.2. The number of amides is 2. The zero-order valence-electron chi connectivity index (χ0n) is 9.73. The van der Waals surface area contributed by atoms with E-state index in [0.29, 0.717) is 23.5 Å². The van der Waals surface area contributed by atoms with Gasteiger partial charge in [0.1, 0.15) is 0 Å². The van der Waals surface area contributed by atoms with Crippen molar-refractivity contribution in [2.75, 3.05) is 19.6 Å². The molecule has 5 heteroatoms. The summed E-state index contributed by atoms with van der Waals surface area (Å²) in [6.07, 6.45) is 0.366. The van der Waals surface area contributed by atoms with Gasteiger partial charge in [-0.05, 0) is 0 Å². The summed E-state index contributed by atoms with van der Waals surface area (Å²) >= 11 is 1.93. The highest BCUT2D eigenvalue weighted by Crippen LogP contribution is 2.26. The summed E-state index contributed by atoms with van der Waals surface area (Å²) in [5.41, 5.74) is 0. The minimum atomic E-state index is -0.130. The van der Waals surface area contributed by atoms with E-state index in [2.05, 4.69) is 19.2 Å². The summed E-state index contributed by atoms with van der Waals surface area (Å²) in [6, 6.07) is 0. The first kappa shape index (κ1) is 11.8. The van der Waals surface area contributed by atoms with E-state index in [1.807, 2.05) is 16.7 Å². The van der Waals surface area contributed by atoms with Crippen LogP contribution in [0.2, 0.25) is 0 Å². The molecule has 2 rings (SSSR count). The second-order valence-corrected chi connectivity index (χ2v) is 6.59. The first-order chi connectivity index (χ1) is 7.56. The fourth-order valence-electron chi connectivity index (χ4n) is 2.40. The lowest BCUT2D eigenvalue weighted by Gasteiger charge is -2.35. The minimum absolute atomic E-state index is 0.00540. The van der Waals surface area contributed by atoms with Crippen LogP contribution in [0.1, 0.15) is 20.3 Å². The third kappa shape index (κ3) is 2.51. The Kier molecular flexibility index (Phi) is 3.42. The predicted octanol–water partition coefficient (Wildman–Crippen LogP) is 0.475. The maximum atomic E-state index is 12.2. The first-order valence-corrected chi connectivity index (χ1v) is 6.71. The van der Waals surface area contributed by atoms with Crippen LogP contribution >= 0.6 is 11.8 Å². The second kappa shape index (κ2) is 4.65. The zero-order valence-corrected chi connectivity index (χ0v) is 10.5. The number of nitrogens with one attached hydrogen (secondary N) is 1. The van der Waals surface area contributed by atoms with Gasteiger partial charge >= 0.3 is 0 Å². The summed E-state index contributed by atoms with van der Waals surface area (Å²) < 4.78 is 0. The van der Waals surface area contributed by atoms with E-state index in [1.54, 1.807) is 0 Å². The normalized spacial score (nSPS) is 35.0. The van der Waals surface area contributed by atoms with Crippen LogP contribution in [0.3, 0.4) is 0 Å². The lowest BCUT2D eigenvalue weighted by molar-refractivity contribution is -0.136. The Bertz CT molecular complexity index is 298. The average Bonchev–Trinajstić information content (AvgIpc) is 2.62. The van der Waals surface area contributed by atoms with Gasteiger partial charge < -0.3 is 10.2 Å². The van der Waals surface area contributed by atoms with E-state index in [9.17, 15) is 9.59 Å². The van der Waals surface area contributed by atoms with Gasteiger partial charge in [-0.2, -0.15) is 11.8 Å². The van der Waals surface area contributed by atoms with Gasteiger partial charge in [0.05, 0.1) is 5.92 Å². The van der Waals surface area contributed by atoms with Crippen molar-refractivity contribution in [3.63, 3.8) is 0 Å². The van der Waals surface area contributed by atoms with Crippen LogP contribution < -0.4 is 5.32 Å². The highest BCUT2D eigenvalue weighted by molar-refractivity contribution is 8.00. The molecule has 2 saturated heterocycles. The van der Waals surface area contributed by atoms with Gasteiger partial charge in [-0.1, -0.05) is 13.8 Å². The molecule has 0 aromatic carbocycles. The molecule has 2 amide bonds. The van der Waals surface area contributed by atoms with Gasteiger partial charge in [-0.3, -0.25) is 9.59 Å². The van der Waals surface area contributed by atoms with Crippen LogP contribution in [0.5, 0.6) is 0 Å². The van der Waals surface area contributed by atoms with Crippen molar-refractivity contribution < 1.29 is 9.59 Å².